The average Bonchev–Trinajstić information content (AvgIpc) is 3.11. The number of benzene rings is 2. The molecule has 1 aliphatic rings. The number of thiazole rings is 1. The first-order valence-electron chi connectivity index (χ1n) is 8.70. The number of hydrogen-bond acceptors (Lipinski definition) is 5. The van der Waals surface area contributed by atoms with Gasteiger partial charge in [-0.05, 0) is 30.5 Å². The molecule has 0 bridgehead atoms. The van der Waals surface area contributed by atoms with Crippen molar-refractivity contribution in [2.75, 3.05) is 11.1 Å². The molecule has 0 saturated heterocycles. The molecule has 0 aliphatic heterocycles. The van der Waals surface area contributed by atoms with Gasteiger partial charge >= 0.3 is 0 Å². The topological polar surface area (TPSA) is 76.1 Å². The Morgan fingerprint density at radius 1 is 1.11 bits per heavy atom. The van der Waals surface area contributed by atoms with Gasteiger partial charge < -0.3 is 0 Å². The number of carbonyl (C=O) groups is 1. The maximum absolute atomic E-state index is 12.7. The number of anilines is 1. The summed E-state index contributed by atoms with van der Waals surface area (Å²) in [6.07, 6.45) is 1.84. The number of aromatic nitrogens is 1. The van der Waals surface area contributed by atoms with Crippen molar-refractivity contribution in [3.05, 3.63) is 64.5 Å². The minimum absolute atomic E-state index is 0.0525. The molecular formula is C20H18N2O3S2. The number of fused-ring (bicyclic) bond motifs is 3. The minimum atomic E-state index is -3.49. The molecule has 1 heterocycles. The number of carbonyl (C=O) groups excluding carboxylic acids is 1. The predicted octanol–water partition coefficient (Wildman–Crippen LogP) is 3.95. The second-order valence-corrected chi connectivity index (χ2v) is 9.63. The van der Waals surface area contributed by atoms with Gasteiger partial charge in [0, 0.05) is 10.4 Å². The minimum Gasteiger partial charge on any atom is -0.298 e. The van der Waals surface area contributed by atoms with Crippen molar-refractivity contribution >= 4 is 32.2 Å². The van der Waals surface area contributed by atoms with Gasteiger partial charge in [-0.15, -0.1) is 11.3 Å². The molecule has 4 rings (SSSR count). The lowest BCUT2D eigenvalue weighted by atomic mass is 9.94. The monoisotopic (exact) mass is 398 g/mol. The van der Waals surface area contributed by atoms with E-state index in [1.165, 1.54) is 29.0 Å². The summed E-state index contributed by atoms with van der Waals surface area (Å²) in [5.41, 5.74) is 3.41. The van der Waals surface area contributed by atoms with Crippen LogP contribution in [-0.4, -0.2) is 25.1 Å². The molecule has 0 radical (unpaired) electrons. The summed E-state index contributed by atoms with van der Waals surface area (Å²) in [5.74, 6) is -0.512. The number of rotatable bonds is 4. The van der Waals surface area contributed by atoms with E-state index in [1.54, 1.807) is 19.1 Å². The Kier molecular flexibility index (Phi) is 4.57. The van der Waals surface area contributed by atoms with Crippen molar-refractivity contribution < 1.29 is 13.2 Å². The van der Waals surface area contributed by atoms with Gasteiger partial charge in [0.25, 0.3) is 5.91 Å². The molecule has 1 aliphatic carbocycles. The molecule has 1 amide bonds. The van der Waals surface area contributed by atoms with Crippen LogP contribution in [0.5, 0.6) is 0 Å². The smallest absolute Gasteiger partial charge is 0.258 e. The fourth-order valence-corrected chi connectivity index (χ4v) is 5.31. The van der Waals surface area contributed by atoms with Gasteiger partial charge in [0.1, 0.15) is 0 Å². The van der Waals surface area contributed by atoms with Gasteiger partial charge in [-0.2, -0.15) is 0 Å². The molecule has 5 nitrogen and oxygen atoms in total. The van der Waals surface area contributed by atoms with E-state index >= 15 is 0 Å². The molecule has 7 heteroatoms. The Morgan fingerprint density at radius 3 is 2.67 bits per heavy atom. The van der Waals surface area contributed by atoms with Gasteiger partial charge in [0.15, 0.2) is 15.0 Å². The number of nitrogens with zero attached hydrogens (tertiary/aromatic N) is 1. The molecule has 1 aromatic heterocycles. The third-order valence-corrected chi connectivity index (χ3v) is 7.48. The lowest BCUT2D eigenvalue weighted by Gasteiger charge is -2.13. The molecule has 2 aromatic carbocycles. The van der Waals surface area contributed by atoms with Gasteiger partial charge in [-0.1, -0.05) is 43.3 Å². The van der Waals surface area contributed by atoms with Crippen LogP contribution in [0.25, 0.3) is 11.3 Å². The number of nitrogens with one attached hydrogen (secondary N) is 1. The summed E-state index contributed by atoms with van der Waals surface area (Å²) in [4.78, 5) is 18.5. The second kappa shape index (κ2) is 6.90. The van der Waals surface area contributed by atoms with Crippen LogP contribution in [0.2, 0.25) is 0 Å². The highest BCUT2D eigenvalue weighted by Crippen LogP contribution is 2.38. The highest BCUT2D eigenvalue weighted by molar-refractivity contribution is 7.91. The summed E-state index contributed by atoms with van der Waals surface area (Å²) in [6, 6.07) is 14.4. The van der Waals surface area contributed by atoms with Crippen LogP contribution in [-0.2, 0) is 22.7 Å². The molecule has 0 atom stereocenters. The van der Waals surface area contributed by atoms with E-state index in [4.69, 9.17) is 0 Å². The quantitative estimate of drug-likeness (QED) is 0.722. The van der Waals surface area contributed by atoms with Gasteiger partial charge in [-0.3, -0.25) is 10.1 Å². The van der Waals surface area contributed by atoms with E-state index in [0.29, 0.717) is 5.13 Å². The molecule has 0 unspecified atom stereocenters. The Labute approximate surface area is 162 Å². The van der Waals surface area contributed by atoms with Gasteiger partial charge in [-0.25, -0.2) is 13.4 Å². The van der Waals surface area contributed by atoms with Gasteiger partial charge in [0.2, 0.25) is 0 Å². The first kappa shape index (κ1) is 17.9. The summed E-state index contributed by atoms with van der Waals surface area (Å²) in [5, 5.41) is 3.28. The van der Waals surface area contributed by atoms with Gasteiger partial charge in [0.05, 0.1) is 21.9 Å². The first-order chi connectivity index (χ1) is 13.0. The van der Waals surface area contributed by atoms with E-state index in [2.05, 4.69) is 16.4 Å². The normalized spacial score (nSPS) is 12.9. The van der Waals surface area contributed by atoms with Crippen molar-refractivity contribution in [3.63, 3.8) is 0 Å². The standard InChI is InChI=1S/C20H18N2O3S2/c1-2-27(24,25)17-10-6-5-9-15(17)19(23)22-20-21-18-14-8-4-3-7-13(14)11-12-16(18)26-20/h3-10H,2,11-12H2,1H3,(H,21,22,23). The van der Waals surface area contributed by atoms with Crippen LogP contribution in [0.4, 0.5) is 5.13 Å². The summed E-state index contributed by atoms with van der Waals surface area (Å²) < 4.78 is 24.6. The maximum atomic E-state index is 12.7. The lowest BCUT2D eigenvalue weighted by molar-refractivity contribution is 0.102. The van der Waals surface area contributed by atoms with E-state index < -0.39 is 15.7 Å². The molecule has 1 N–H and O–H groups in total. The highest BCUT2D eigenvalue weighted by atomic mass is 32.2. The van der Waals surface area contributed by atoms with Crippen LogP contribution in [0.1, 0.15) is 27.7 Å². The number of sulfone groups is 1. The lowest BCUT2D eigenvalue weighted by Crippen LogP contribution is -2.17. The second-order valence-electron chi connectivity index (χ2n) is 6.30. The SMILES string of the molecule is CCS(=O)(=O)c1ccccc1C(=O)Nc1nc2c(s1)CCc1ccccc1-2. The Morgan fingerprint density at radius 2 is 1.85 bits per heavy atom. The Hall–Kier alpha value is -2.51. The van der Waals surface area contributed by atoms with Crippen molar-refractivity contribution in [2.45, 2.75) is 24.7 Å². The average molecular weight is 399 g/mol. The van der Waals surface area contributed by atoms with Crippen LogP contribution in [0, 0.1) is 0 Å². The van der Waals surface area contributed by atoms with Crippen LogP contribution >= 0.6 is 11.3 Å². The number of aryl methyl sites for hydroxylation is 2. The molecular weight excluding hydrogens is 380 g/mol. The maximum Gasteiger partial charge on any atom is 0.258 e. The van der Waals surface area contributed by atoms with Crippen LogP contribution < -0.4 is 5.32 Å². The number of hydrogen-bond donors (Lipinski definition) is 1. The van der Waals surface area contributed by atoms with E-state index in [-0.39, 0.29) is 16.2 Å². The molecule has 3 aromatic rings. The third kappa shape index (κ3) is 3.28. The Balaban J connectivity index is 1.66. The van der Waals surface area contributed by atoms with Crippen LogP contribution in [0.3, 0.4) is 0 Å². The molecule has 27 heavy (non-hydrogen) atoms. The molecule has 0 fully saturated rings. The zero-order chi connectivity index (χ0) is 19.0. The Bertz CT molecular complexity index is 1130. The fourth-order valence-electron chi connectivity index (χ4n) is 3.25. The molecule has 138 valence electrons. The van der Waals surface area contributed by atoms with Crippen molar-refractivity contribution in [2.24, 2.45) is 0 Å². The number of amides is 1. The van der Waals surface area contributed by atoms with Crippen molar-refractivity contribution in [1.82, 2.24) is 4.98 Å². The van der Waals surface area contributed by atoms with E-state index in [0.717, 1.165) is 29.0 Å². The molecule has 0 saturated carbocycles. The van der Waals surface area contributed by atoms with E-state index in [9.17, 15) is 13.2 Å². The van der Waals surface area contributed by atoms with E-state index in [1.807, 2.05) is 18.2 Å². The third-order valence-electron chi connectivity index (χ3n) is 4.66. The molecule has 0 spiro atoms. The largest absolute Gasteiger partial charge is 0.298 e. The fraction of sp³-hybridized carbons (Fsp3) is 0.200. The van der Waals surface area contributed by atoms with Crippen molar-refractivity contribution in [1.29, 1.82) is 0 Å². The van der Waals surface area contributed by atoms with Crippen molar-refractivity contribution in [3.8, 4) is 11.3 Å². The summed E-state index contributed by atoms with van der Waals surface area (Å²) in [7, 11) is -3.49. The highest BCUT2D eigenvalue weighted by Gasteiger charge is 2.24. The first-order valence-corrected chi connectivity index (χ1v) is 11.2. The predicted molar refractivity (Wildman–Crippen MR) is 107 cm³/mol. The zero-order valence-electron chi connectivity index (χ0n) is 14.7. The zero-order valence-corrected chi connectivity index (χ0v) is 16.4. The summed E-state index contributed by atoms with van der Waals surface area (Å²) >= 11 is 1.45. The van der Waals surface area contributed by atoms with Crippen LogP contribution in [0.15, 0.2) is 53.4 Å². The summed E-state index contributed by atoms with van der Waals surface area (Å²) in [6.45, 7) is 1.57.